The van der Waals surface area contributed by atoms with Gasteiger partial charge in [0.25, 0.3) is 0 Å². The van der Waals surface area contributed by atoms with E-state index in [0.717, 1.165) is 0 Å². The van der Waals surface area contributed by atoms with E-state index in [0.29, 0.717) is 5.88 Å². The second kappa shape index (κ2) is 3.29. The standard InChI is InChI=1S/C3H6Cl/c1-2-3-4/h2H,3H2,1H3/q-1. The first kappa shape index (κ1) is 4.29. The number of alkyl halides is 1. The van der Waals surface area contributed by atoms with Crippen molar-refractivity contribution in [3.63, 3.8) is 0 Å². The molecule has 0 saturated carbocycles. The van der Waals surface area contributed by atoms with Gasteiger partial charge in [0.1, 0.15) is 0 Å². The van der Waals surface area contributed by atoms with E-state index in [1.54, 1.807) is 0 Å². The highest BCUT2D eigenvalue weighted by Crippen LogP contribution is 1.73. The van der Waals surface area contributed by atoms with Crippen molar-refractivity contribution in [1.29, 1.82) is 0 Å². The van der Waals surface area contributed by atoms with E-state index in [9.17, 15) is 0 Å². The monoisotopic (exact) mass is 77.0 g/mol. The molecule has 0 amide bonds. The zero-order valence-electron chi connectivity index (χ0n) is 2.66. The number of hydrogen-bond acceptors (Lipinski definition) is 0. The summed E-state index contributed by atoms with van der Waals surface area (Å²) in [6.07, 6.45) is 1.89. The van der Waals surface area contributed by atoms with Crippen molar-refractivity contribution in [1.82, 2.24) is 0 Å². The molecule has 0 fully saturated rings. The molecule has 0 heterocycles. The van der Waals surface area contributed by atoms with Gasteiger partial charge in [-0.25, -0.2) is 0 Å². The van der Waals surface area contributed by atoms with Crippen LogP contribution in [0.4, 0.5) is 0 Å². The van der Waals surface area contributed by atoms with Gasteiger partial charge in [0.2, 0.25) is 0 Å². The van der Waals surface area contributed by atoms with E-state index in [-0.39, 0.29) is 0 Å². The largest absolute Gasteiger partial charge is 0.317 e. The molecule has 0 N–H and O–H groups in total. The second-order valence-corrected chi connectivity index (χ2v) is 0.871. The molecule has 26 valence electrons. The van der Waals surface area contributed by atoms with Crippen molar-refractivity contribution in [2.45, 2.75) is 6.92 Å². The Morgan fingerprint density at radius 3 is 2.25 bits per heavy atom. The molecule has 0 rings (SSSR count). The smallest absolute Gasteiger partial charge is 0.102 e. The summed E-state index contributed by atoms with van der Waals surface area (Å²) >= 11 is 5.13. The maximum atomic E-state index is 5.13. The van der Waals surface area contributed by atoms with Gasteiger partial charge in [-0.15, -0.1) is 5.88 Å². The third kappa shape index (κ3) is 2.29. The van der Waals surface area contributed by atoms with Crippen LogP contribution in [0, 0.1) is 6.42 Å². The second-order valence-electron chi connectivity index (χ2n) is 0.563. The van der Waals surface area contributed by atoms with E-state index in [2.05, 4.69) is 0 Å². The SMILES string of the molecule is C[CH-]CCl. The third-order valence-electron chi connectivity index (χ3n) is 0.154. The minimum absolute atomic E-state index is 0.667. The van der Waals surface area contributed by atoms with Gasteiger partial charge in [0, 0.05) is 0 Å². The van der Waals surface area contributed by atoms with Crippen LogP contribution in [0.2, 0.25) is 0 Å². The first-order chi connectivity index (χ1) is 1.91. The third-order valence-corrected chi connectivity index (χ3v) is 0.463. The van der Waals surface area contributed by atoms with Gasteiger partial charge in [-0.3, -0.25) is 0 Å². The lowest BCUT2D eigenvalue weighted by atomic mass is 10.6. The average molecular weight is 77.5 g/mol. The highest BCUT2D eigenvalue weighted by atomic mass is 35.5. The molecule has 0 aliphatic carbocycles. The lowest BCUT2D eigenvalue weighted by molar-refractivity contribution is 1.42. The van der Waals surface area contributed by atoms with Crippen LogP contribution in [-0.2, 0) is 0 Å². The molecule has 0 radical (unpaired) electrons. The van der Waals surface area contributed by atoms with Crippen LogP contribution in [-0.4, -0.2) is 5.88 Å². The minimum Gasteiger partial charge on any atom is -0.317 e. The Kier molecular flexibility index (Phi) is 3.53. The summed E-state index contributed by atoms with van der Waals surface area (Å²) in [5, 5.41) is 0. The summed E-state index contributed by atoms with van der Waals surface area (Å²) in [6, 6.07) is 0. The Bertz CT molecular complexity index is 5.25. The highest BCUT2D eigenvalue weighted by Gasteiger charge is 1.42. The zero-order chi connectivity index (χ0) is 3.41. The Morgan fingerprint density at radius 2 is 2.25 bits per heavy atom. The zero-order valence-corrected chi connectivity index (χ0v) is 3.42. The van der Waals surface area contributed by atoms with Crippen molar-refractivity contribution in [3.8, 4) is 0 Å². The van der Waals surface area contributed by atoms with Crippen LogP contribution in [0.25, 0.3) is 0 Å². The van der Waals surface area contributed by atoms with Crippen LogP contribution >= 0.6 is 11.6 Å². The molecule has 0 aromatic carbocycles. The van der Waals surface area contributed by atoms with E-state index >= 15 is 0 Å². The fourth-order valence-corrected chi connectivity index (χ4v) is 0. The molecule has 0 atom stereocenters. The van der Waals surface area contributed by atoms with E-state index in [1.165, 1.54) is 0 Å². The van der Waals surface area contributed by atoms with Crippen molar-refractivity contribution in [2.75, 3.05) is 5.88 Å². The summed E-state index contributed by atoms with van der Waals surface area (Å²) in [5.74, 6) is 0.667. The predicted octanol–water partition coefficient (Wildman–Crippen LogP) is 1.45. The molecule has 0 unspecified atom stereocenters. The van der Waals surface area contributed by atoms with Crippen LogP contribution < -0.4 is 0 Å². The van der Waals surface area contributed by atoms with E-state index < -0.39 is 0 Å². The fourth-order valence-electron chi connectivity index (χ4n) is 0. The summed E-state index contributed by atoms with van der Waals surface area (Å²) in [5.41, 5.74) is 0. The summed E-state index contributed by atoms with van der Waals surface area (Å²) in [6.45, 7) is 1.92. The van der Waals surface area contributed by atoms with Crippen molar-refractivity contribution >= 4 is 11.6 Å². The minimum atomic E-state index is 0.667. The van der Waals surface area contributed by atoms with Gasteiger partial charge in [-0.05, 0) is 0 Å². The molecule has 0 aliphatic heterocycles. The first-order valence-electron chi connectivity index (χ1n) is 1.25. The molecule has 0 aromatic rings. The lowest BCUT2D eigenvalue weighted by Crippen LogP contribution is -1.57. The Morgan fingerprint density at radius 1 is 2.00 bits per heavy atom. The van der Waals surface area contributed by atoms with Crippen molar-refractivity contribution < 1.29 is 0 Å². The molecular weight excluding hydrogens is 71.5 g/mol. The van der Waals surface area contributed by atoms with Gasteiger partial charge < -0.3 is 6.42 Å². The topological polar surface area (TPSA) is 0 Å². The molecule has 0 saturated heterocycles. The van der Waals surface area contributed by atoms with Crippen LogP contribution in [0.5, 0.6) is 0 Å². The van der Waals surface area contributed by atoms with Gasteiger partial charge in [-0.1, -0.05) is 0 Å². The summed E-state index contributed by atoms with van der Waals surface area (Å²) < 4.78 is 0. The van der Waals surface area contributed by atoms with E-state index in [4.69, 9.17) is 11.6 Å². The Labute approximate surface area is 31.8 Å². The summed E-state index contributed by atoms with van der Waals surface area (Å²) in [7, 11) is 0. The van der Waals surface area contributed by atoms with Crippen molar-refractivity contribution in [3.05, 3.63) is 6.42 Å². The maximum Gasteiger partial charge on any atom is -0.102 e. The molecule has 1 heteroatoms. The van der Waals surface area contributed by atoms with Crippen LogP contribution in [0.3, 0.4) is 0 Å². The van der Waals surface area contributed by atoms with Gasteiger partial charge in [0.15, 0.2) is 0 Å². The molecule has 0 spiro atoms. The Balaban J connectivity index is 1.97. The quantitative estimate of drug-likeness (QED) is 0.328. The normalized spacial score (nSPS) is 7.50. The first-order valence-corrected chi connectivity index (χ1v) is 1.79. The van der Waals surface area contributed by atoms with Crippen molar-refractivity contribution in [2.24, 2.45) is 0 Å². The van der Waals surface area contributed by atoms with Gasteiger partial charge >= 0.3 is 0 Å². The highest BCUT2D eigenvalue weighted by molar-refractivity contribution is 6.18. The lowest BCUT2D eigenvalue weighted by Gasteiger charge is -1.82. The molecule has 0 bridgehead atoms. The molecule has 0 aliphatic rings. The van der Waals surface area contributed by atoms with Gasteiger partial charge in [-0.2, -0.15) is 18.5 Å². The predicted molar refractivity (Wildman–Crippen MR) is 20.7 cm³/mol. The van der Waals surface area contributed by atoms with Gasteiger partial charge in [0.05, 0.1) is 0 Å². The van der Waals surface area contributed by atoms with Crippen LogP contribution in [0.1, 0.15) is 6.92 Å². The molecule has 0 aromatic heterocycles. The maximum absolute atomic E-state index is 5.13. The molecule has 4 heavy (non-hydrogen) atoms. The van der Waals surface area contributed by atoms with Crippen LogP contribution in [0.15, 0.2) is 0 Å². The molecule has 0 nitrogen and oxygen atoms in total. The number of rotatable bonds is 1. The molecular formula is C3H6Cl-. The Hall–Kier alpha value is 0.290. The summed E-state index contributed by atoms with van der Waals surface area (Å²) in [4.78, 5) is 0. The average Bonchev–Trinajstić information content (AvgIpc) is 1.37. The van der Waals surface area contributed by atoms with E-state index in [1.807, 2.05) is 13.3 Å². The number of halogens is 1. The number of hydrogen-bond donors (Lipinski definition) is 0. The fraction of sp³-hybridized carbons (Fsp3) is 0.667.